The minimum absolute atomic E-state index is 0.226. The van der Waals surface area contributed by atoms with Gasteiger partial charge in [-0.15, -0.1) is 0 Å². The van der Waals surface area contributed by atoms with Crippen LogP contribution in [0.2, 0.25) is 0 Å². The Morgan fingerprint density at radius 3 is 2.45 bits per heavy atom. The molecule has 164 valence electrons. The van der Waals surface area contributed by atoms with Crippen LogP contribution < -0.4 is 5.32 Å². The van der Waals surface area contributed by atoms with Gasteiger partial charge in [0, 0.05) is 42.4 Å². The first-order valence-electron chi connectivity index (χ1n) is 10.2. The second-order valence-electron chi connectivity index (χ2n) is 7.28. The summed E-state index contributed by atoms with van der Waals surface area (Å²) in [4.78, 5) is 2.11. The quantitative estimate of drug-likeness (QED) is 0.672. The first kappa shape index (κ1) is 23.5. The van der Waals surface area contributed by atoms with Gasteiger partial charge < -0.3 is 25.0 Å². The number of likely N-dealkylation sites (tertiary alicyclic amines) is 1. The van der Waals surface area contributed by atoms with Gasteiger partial charge in [-0.1, -0.05) is 19.9 Å². The molecular formula is C21H32F3N3O2. The predicted octanol–water partition coefficient (Wildman–Crippen LogP) is 3.77. The molecule has 3 N–H and O–H groups in total. The van der Waals surface area contributed by atoms with Gasteiger partial charge >= 0.3 is 6.18 Å². The SMILES string of the molecule is CC.Cc1cc2c(NC3CCN(CC(O)CO)CC3)cccc2n1CC(F)(F)F. The summed E-state index contributed by atoms with van der Waals surface area (Å²) in [6.07, 6.45) is -3.24. The minimum atomic E-state index is -4.26. The summed E-state index contributed by atoms with van der Waals surface area (Å²) < 4.78 is 39.9. The zero-order valence-corrected chi connectivity index (χ0v) is 17.3. The number of hydrogen-bond donors (Lipinski definition) is 3. The summed E-state index contributed by atoms with van der Waals surface area (Å²) in [5.41, 5.74) is 2.02. The molecule has 1 saturated heterocycles. The van der Waals surface area contributed by atoms with Gasteiger partial charge in [0.2, 0.25) is 0 Å². The molecule has 0 aliphatic carbocycles. The number of nitrogens with one attached hydrogen (secondary N) is 1. The fourth-order valence-corrected chi connectivity index (χ4v) is 3.77. The monoisotopic (exact) mass is 415 g/mol. The van der Waals surface area contributed by atoms with E-state index in [1.807, 2.05) is 19.9 Å². The topological polar surface area (TPSA) is 60.7 Å². The molecular weight excluding hydrogens is 383 g/mol. The van der Waals surface area contributed by atoms with Crippen molar-refractivity contribution >= 4 is 16.6 Å². The van der Waals surface area contributed by atoms with Crippen molar-refractivity contribution in [3.63, 3.8) is 0 Å². The Kier molecular flexibility index (Phi) is 8.36. The third kappa shape index (κ3) is 6.35. The fraction of sp³-hybridized carbons (Fsp3) is 0.619. The molecule has 29 heavy (non-hydrogen) atoms. The number of aliphatic hydroxyl groups is 2. The van der Waals surface area contributed by atoms with Crippen LogP contribution in [0.15, 0.2) is 24.3 Å². The highest BCUT2D eigenvalue weighted by molar-refractivity contribution is 5.93. The van der Waals surface area contributed by atoms with Crippen molar-refractivity contribution in [2.75, 3.05) is 31.6 Å². The van der Waals surface area contributed by atoms with Gasteiger partial charge in [0.25, 0.3) is 0 Å². The summed E-state index contributed by atoms with van der Waals surface area (Å²) in [5, 5.41) is 22.8. The average molecular weight is 416 g/mol. The molecule has 0 spiro atoms. The van der Waals surface area contributed by atoms with Crippen molar-refractivity contribution in [2.45, 2.75) is 58.5 Å². The Bertz CT molecular complexity index is 768. The van der Waals surface area contributed by atoms with E-state index in [0.717, 1.165) is 37.0 Å². The summed E-state index contributed by atoms with van der Waals surface area (Å²) in [5.74, 6) is 0. The molecule has 1 aliphatic heterocycles. The maximum atomic E-state index is 12.9. The molecule has 0 radical (unpaired) electrons. The lowest BCUT2D eigenvalue weighted by atomic mass is 10.0. The lowest BCUT2D eigenvalue weighted by Crippen LogP contribution is -2.43. The van der Waals surface area contributed by atoms with Crippen LogP contribution in [0.5, 0.6) is 0 Å². The first-order valence-corrected chi connectivity index (χ1v) is 10.2. The molecule has 1 atom stereocenters. The highest BCUT2D eigenvalue weighted by atomic mass is 19.4. The number of halogens is 3. The molecule has 0 saturated carbocycles. The first-order chi connectivity index (χ1) is 13.8. The van der Waals surface area contributed by atoms with E-state index in [-0.39, 0.29) is 12.6 Å². The van der Waals surface area contributed by atoms with E-state index in [1.54, 1.807) is 25.1 Å². The lowest BCUT2D eigenvalue weighted by molar-refractivity contribution is -0.140. The van der Waals surface area contributed by atoms with Gasteiger partial charge in [0.05, 0.1) is 18.2 Å². The zero-order valence-electron chi connectivity index (χ0n) is 17.3. The fourth-order valence-electron chi connectivity index (χ4n) is 3.77. The molecule has 0 amide bonds. The molecule has 1 unspecified atom stereocenters. The summed E-state index contributed by atoms with van der Waals surface area (Å²) >= 11 is 0. The average Bonchev–Trinajstić information content (AvgIpc) is 3.00. The van der Waals surface area contributed by atoms with Crippen molar-refractivity contribution in [2.24, 2.45) is 0 Å². The van der Waals surface area contributed by atoms with Crippen LogP contribution in [0.1, 0.15) is 32.4 Å². The van der Waals surface area contributed by atoms with E-state index in [1.165, 1.54) is 4.57 Å². The number of fused-ring (bicyclic) bond motifs is 1. The molecule has 1 fully saturated rings. The maximum absolute atomic E-state index is 12.9. The van der Waals surface area contributed by atoms with Crippen LogP contribution in [-0.4, -0.2) is 64.2 Å². The van der Waals surface area contributed by atoms with Gasteiger partial charge in [-0.2, -0.15) is 13.2 Å². The second kappa shape index (κ2) is 10.3. The number of piperidine rings is 1. The number of rotatable bonds is 6. The normalized spacial score (nSPS) is 17.1. The van der Waals surface area contributed by atoms with Gasteiger partial charge in [-0.25, -0.2) is 0 Å². The summed E-state index contributed by atoms with van der Waals surface area (Å²) in [6, 6.07) is 7.43. The minimum Gasteiger partial charge on any atom is -0.394 e. The van der Waals surface area contributed by atoms with Crippen LogP contribution >= 0.6 is 0 Å². The summed E-state index contributed by atoms with van der Waals surface area (Å²) in [7, 11) is 0. The number of alkyl halides is 3. The number of aromatic nitrogens is 1. The maximum Gasteiger partial charge on any atom is 0.406 e. The molecule has 2 aromatic rings. The lowest BCUT2D eigenvalue weighted by Gasteiger charge is -2.33. The predicted molar refractivity (Wildman–Crippen MR) is 110 cm³/mol. The molecule has 1 aromatic heterocycles. The smallest absolute Gasteiger partial charge is 0.394 e. The van der Waals surface area contributed by atoms with Gasteiger partial charge in [-0.3, -0.25) is 0 Å². The van der Waals surface area contributed by atoms with E-state index >= 15 is 0 Å². The Labute approximate surface area is 170 Å². The molecule has 1 aromatic carbocycles. The van der Waals surface area contributed by atoms with Crippen LogP contribution in [-0.2, 0) is 6.54 Å². The molecule has 3 rings (SSSR count). The number of aryl methyl sites for hydroxylation is 1. The van der Waals surface area contributed by atoms with E-state index in [2.05, 4.69) is 10.2 Å². The standard InChI is InChI=1S/C19H26F3N3O2.C2H6/c1-13-9-16-17(3-2-4-18(16)25(13)12-19(20,21)22)23-14-5-7-24(8-6-14)10-15(27)11-26;1-2/h2-4,9,14-15,23,26-27H,5-8,10-12H2,1H3;1-2H3. The van der Waals surface area contributed by atoms with Gasteiger partial charge in [-0.05, 0) is 38.0 Å². The highest BCUT2D eigenvalue weighted by Gasteiger charge is 2.29. The Hall–Kier alpha value is -1.77. The van der Waals surface area contributed by atoms with Gasteiger partial charge in [0.15, 0.2) is 0 Å². The number of hydrogen-bond acceptors (Lipinski definition) is 4. The number of nitrogens with zero attached hydrogens (tertiary/aromatic N) is 2. The number of benzene rings is 1. The second-order valence-corrected chi connectivity index (χ2v) is 7.28. The highest BCUT2D eigenvalue weighted by Crippen LogP contribution is 2.31. The van der Waals surface area contributed by atoms with Gasteiger partial charge in [0.1, 0.15) is 6.54 Å². The third-order valence-electron chi connectivity index (χ3n) is 5.12. The largest absolute Gasteiger partial charge is 0.406 e. The number of anilines is 1. The van der Waals surface area contributed by atoms with E-state index in [9.17, 15) is 18.3 Å². The van der Waals surface area contributed by atoms with Crippen molar-refractivity contribution in [1.82, 2.24) is 9.47 Å². The zero-order chi connectivity index (χ0) is 21.6. The molecule has 5 nitrogen and oxygen atoms in total. The third-order valence-corrected chi connectivity index (χ3v) is 5.12. The van der Waals surface area contributed by atoms with Crippen LogP contribution in [0, 0.1) is 6.92 Å². The molecule has 1 aliphatic rings. The van der Waals surface area contributed by atoms with Crippen molar-refractivity contribution in [3.05, 3.63) is 30.0 Å². The van der Waals surface area contributed by atoms with Crippen LogP contribution in [0.3, 0.4) is 0 Å². The van der Waals surface area contributed by atoms with Crippen LogP contribution in [0.4, 0.5) is 18.9 Å². The van der Waals surface area contributed by atoms with E-state index in [0.29, 0.717) is 17.8 Å². The molecule has 2 heterocycles. The number of β-amino-alcohol motifs (C(OH)–C–C–N with tert-alkyl or cyclic N) is 1. The van der Waals surface area contributed by atoms with Crippen LogP contribution in [0.25, 0.3) is 10.9 Å². The Balaban J connectivity index is 0.00000145. The van der Waals surface area contributed by atoms with E-state index in [4.69, 9.17) is 5.11 Å². The van der Waals surface area contributed by atoms with Crippen molar-refractivity contribution in [1.29, 1.82) is 0 Å². The number of aliphatic hydroxyl groups excluding tert-OH is 2. The molecule has 0 bridgehead atoms. The molecule has 8 heteroatoms. The van der Waals surface area contributed by atoms with E-state index < -0.39 is 18.8 Å². The Morgan fingerprint density at radius 2 is 1.86 bits per heavy atom. The van der Waals surface area contributed by atoms with Crippen molar-refractivity contribution < 1.29 is 23.4 Å². The Morgan fingerprint density at radius 1 is 1.21 bits per heavy atom. The van der Waals surface area contributed by atoms with Crippen molar-refractivity contribution in [3.8, 4) is 0 Å². The summed E-state index contributed by atoms with van der Waals surface area (Å²) in [6.45, 7) is 6.53.